The molecule has 0 saturated heterocycles. The van der Waals surface area contributed by atoms with Gasteiger partial charge in [0.1, 0.15) is 5.82 Å². The average Bonchev–Trinajstić information content (AvgIpc) is 3.13. The number of carbonyl (C=O) groups excluding carboxylic acids is 1. The van der Waals surface area contributed by atoms with E-state index in [1.807, 2.05) is 13.8 Å². The summed E-state index contributed by atoms with van der Waals surface area (Å²) >= 11 is 5.21. The van der Waals surface area contributed by atoms with Crippen LogP contribution in [0.1, 0.15) is 45.0 Å². The summed E-state index contributed by atoms with van der Waals surface area (Å²) in [7, 11) is 0. The van der Waals surface area contributed by atoms with Gasteiger partial charge in [0.15, 0.2) is 4.77 Å². The SMILES string of the molecule is CCC(C)C(=O)NCCc1n[nH]c(=S)n1C1CC1. The summed E-state index contributed by atoms with van der Waals surface area (Å²) < 4.78 is 2.78. The molecule has 1 amide bonds. The Morgan fingerprint density at radius 2 is 2.39 bits per heavy atom. The predicted octanol–water partition coefficient (Wildman–Crippen LogP) is 1.98. The van der Waals surface area contributed by atoms with Crippen LogP contribution < -0.4 is 5.32 Å². The maximum atomic E-state index is 11.6. The highest BCUT2D eigenvalue weighted by atomic mass is 32.1. The fourth-order valence-corrected chi connectivity index (χ4v) is 2.18. The first-order valence-electron chi connectivity index (χ1n) is 6.57. The van der Waals surface area contributed by atoms with Crippen molar-refractivity contribution >= 4 is 18.1 Å². The van der Waals surface area contributed by atoms with Crippen molar-refractivity contribution in [2.45, 2.75) is 45.6 Å². The van der Waals surface area contributed by atoms with Crippen LogP contribution in [-0.4, -0.2) is 27.2 Å². The second-order valence-electron chi connectivity index (χ2n) is 4.90. The Morgan fingerprint density at radius 1 is 1.67 bits per heavy atom. The number of nitrogens with zero attached hydrogens (tertiary/aromatic N) is 2. The van der Waals surface area contributed by atoms with Crippen LogP contribution in [0.15, 0.2) is 0 Å². The van der Waals surface area contributed by atoms with Gasteiger partial charge in [-0.05, 0) is 31.5 Å². The van der Waals surface area contributed by atoms with Crippen LogP contribution in [0.4, 0.5) is 0 Å². The van der Waals surface area contributed by atoms with Gasteiger partial charge in [0.05, 0.1) is 0 Å². The summed E-state index contributed by atoms with van der Waals surface area (Å²) in [6.45, 7) is 4.58. The van der Waals surface area contributed by atoms with Crippen molar-refractivity contribution in [3.63, 3.8) is 0 Å². The molecule has 1 aliphatic rings. The van der Waals surface area contributed by atoms with Gasteiger partial charge in [-0.3, -0.25) is 9.89 Å². The molecule has 0 bridgehead atoms. The van der Waals surface area contributed by atoms with Gasteiger partial charge in [-0.15, -0.1) is 0 Å². The molecule has 2 rings (SSSR count). The van der Waals surface area contributed by atoms with Crippen LogP contribution in [0.5, 0.6) is 0 Å². The first kappa shape index (κ1) is 13.3. The van der Waals surface area contributed by atoms with E-state index in [2.05, 4.69) is 20.1 Å². The number of hydrogen-bond donors (Lipinski definition) is 2. The summed E-state index contributed by atoms with van der Waals surface area (Å²) in [6, 6.07) is 0.525. The molecule has 2 N–H and O–H groups in total. The van der Waals surface area contributed by atoms with E-state index in [0.717, 1.165) is 18.7 Å². The molecule has 1 saturated carbocycles. The van der Waals surface area contributed by atoms with Crippen LogP contribution in [-0.2, 0) is 11.2 Å². The maximum Gasteiger partial charge on any atom is 0.222 e. The van der Waals surface area contributed by atoms with Gasteiger partial charge < -0.3 is 9.88 Å². The lowest BCUT2D eigenvalue weighted by molar-refractivity contribution is -0.124. The molecular weight excluding hydrogens is 248 g/mol. The van der Waals surface area contributed by atoms with Gasteiger partial charge in [-0.2, -0.15) is 5.10 Å². The fraction of sp³-hybridized carbons (Fsp3) is 0.750. The van der Waals surface area contributed by atoms with Gasteiger partial charge in [0.25, 0.3) is 0 Å². The monoisotopic (exact) mass is 268 g/mol. The standard InChI is InChI=1S/C12H20N4OS/c1-3-8(2)11(17)13-7-6-10-14-15-12(18)16(10)9-4-5-9/h8-9H,3-7H2,1-2H3,(H,13,17)(H,15,18). The van der Waals surface area contributed by atoms with Crippen LogP contribution >= 0.6 is 12.2 Å². The van der Waals surface area contributed by atoms with Crippen LogP contribution in [0.3, 0.4) is 0 Å². The molecule has 1 atom stereocenters. The molecule has 1 aromatic rings. The molecule has 6 heteroatoms. The van der Waals surface area contributed by atoms with Gasteiger partial charge in [-0.1, -0.05) is 13.8 Å². The quantitative estimate of drug-likeness (QED) is 0.775. The van der Waals surface area contributed by atoms with Gasteiger partial charge in [0, 0.05) is 24.9 Å². The lowest BCUT2D eigenvalue weighted by Gasteiger charge is -2.10. The molecule has 18 heavy (non-hydrogen) atoms. The van der Waals surface area contributed by atoms with Crippen molar-refractivity contribution in [1.82, 2.24) is 20.1 Å². The Bertz CT molecular complexity index is 475. The van der Waals surface area contributed by atoms with E-state index in [4.69, 9.17) is 12.2 Å². The van der Waals surface area contributed by atoms with Crippen molar-refractivity contribution in [2.75, 3.05) is 6.54 Å². The molecule has 1 aromatic heterocycles. The molecule has 1 aliphatic carbocycles. The fourth-order valence-electron chi connectivity index (χ4n) is 1.88. The second-order valence-corrected chi connectivity index (χ2v) is 5.28. The summed E-state index contributed by atoms with van der Waals surface area (Å²) in [5.74, 6) is 1.14. The predicted molar refractivity (Wildman–Crippen MR) is 71.9 cm³/mol. The summed E-state index contributed by atoms with van der Waals surface area (Å²) in [5.41, 5.74) is 0. The minimum atomic E-state index is 0.0780. The van der Waals surface area contributed by atoms with Crippen molar-refractivity contribution < 1.29 is 4.79 Å². The molecule has 0 spiro atoms. The molecule has 1 unspecified atom stereocenters. The van der Waals surface area contributed by atoms with E-state index < -0.39 is 0 Å². The average molecular weight is 268 g/mol. The van der Waals surface area contributed by atoms with E-state index in [9.17, 15) is 4.79 Å². The van der Waals surface area contributed by atoms with Crippen molar-refractivity contribution in [1.29, 1.82) is 0 Å². The zero-order valence-corrected chi connectivity index (χ0v) is 11.7. The minimum absolute atomic E-state index is 0.0780. The Labute approximate surface area is 112 Å². The molecule has 100 valence electrons. The van der Waals surface area contributed by atoms with Gasteiger partial charge in [0.2, 0.25) is 5.91 Å². The highest BCUT2D eigenvalue weighted by Crippen LogP contribution is 2.35. The number of aromatic nitrogens is 3. The van der Waals surface area contributed by atoms with Crippen LogP contribution in [0, 0.1) is 10.7 Å². The number of rotatable bonds is 6. The second kappa shape index (κ2) is 5.65. The van der Waals surface area contributed by atoms with E-state index in [0.29, 0.717) is 17.4 Å². The largest absolute Gasteiger partial charge is 0.355 e. The smallest absolute Gasteiger partial charge is 0.222 e. The van der Waals surface area contributed by atoms with Crippen LogP contribution in [0.25, 0.3) is 0 Å². The maximum absolute atomic E-state index is 11.6. The number of amides is 1. The molecule has 5 nitrogen and oxygen atoms in total. The molecule has 0 radical (unpaired) electrons. The summed E-state index contributed by atoms with van der Waals surface area (Å²) in [5, 5.41) is 10.0. The molecule has 1 heterocycles. The first-order chi connectivity index (χ1) is 8.63. The number of hydrogen-bond acceptors (Lipinski definition) is 3. The van der Waals surface area contributed by atoms with E-state index in [1.54, 1.807) is 0 Å². The third kappa shape index (κ3) is 2.98. The van der Waals surface area contributed by atoms with Crippen molar-refractivity contribution in [3.05, 3.63) is 10.6 Å². The number of carbonyl (C=O) groups is 1. The Hall–Kier alpha value is -1.17. The number of nitrogens with one attached hydrogen (secondary N) is 2. The molecule has 1 fully saturated rings. The number of aromatic amines is 1. The zero-order chi connectivity index (χ0) is 13.1. The van der Waals surface area contributed by atoms with E-state index >= 15 is 0 Å². The van der Waals surface area contributed by atoms with Crippen molar-refractivity contribution in [2.24, 2.45) is 5.92 Å². The van der Waals surface area contributed by atoms with Gasteiger partial charge in [-0.25, -0.2) is 0 Å². The highest BCUT2D eigenvalue weighted by molar-refractivity contribution is 7.71. The van der Waals surface area contributed by atoms with Crippen molar-refractivity contribution in [3.8, 4) is 0 Å². The minimum Gasteiger partial charge on any atom is -0.355 e. The number of H-pyrrole nitrogens is 1. The highest BCUT2D eigenvalue weighted by Gasteiger charge is 2.26. The topological polar surface area (TPSA) is 62.7 Å². The Kier molecular flexibility index (Phi) is 4.16. The normalized spacial score (nSPS) is 16.6. The molecule has 0 aromatic carbocycles. The van der Waals surface area contributed by atoms with Crippen LogP contribution in [0.2, 0.25) is 0 Å². The molecule has 0 aliphatic heterocycles. The zero-order valence-electron chi connectivity index (χ0n) is 10.9. The van der Waals surface area contributed by atoms with E-state index in [1.165, 1.54) is 12.8 Å². The summed E-state index contributed by atoms with van der Waals surface area (Å²) in [4.78, 5) is 11.6. The Balaban J connectivity index is 1.87. The Morgan fingerprint density at radius 3 is 3.00 bits per heavy atom. The first-order valence-corrected chi connectivity index (χ1v) is 6.97. The van der Waals surface area contributed by atoms with E-state index in [-0.39, 0.29) is 11.8 Å². The lowest BCUT2D eigenvalue weighted by Crippen LogP contribution is -2.31. The third-order valence-corrected chi connectivity index (χ3v) is 3.69. The summed E-state index contributed by atoms with van der Waals surface area (Å²) in [6.07, 6.45) is 3.96. The van der Waals surface area contributed by atoms with Gasteiger partial charge >= 0.3 is 0 Å². The molecular formula is C12H20N4OS. The third-order valence-electron chi connectivity index (χ3n) is 3.40. The lowest BCUT2D eigenvalue weighted by atomic mass is 10.1.